The largest absolute Gasteiger partial charge is 0.481 e. The second-order valence-corrected chi connectivity index (χ2v) is 6.19. The van der Waals surface area contributed by atoms with Crippen LogP contribution in [0.5, 0.6) is 0 Å². The van der Waals surface area contributed by atoms with Gasteiger partial charge in [0.15, 0.2) is 0 Å². The lowest BCUT2D eigenvalue weighted by atomic mass is 9.65. The zero-order valence-corrected chi connectivity index (χ0v) is 12.3. The highest BCUT2D eigenvalue weighted by atomic mass is 16.4. The molecule has 1 aromatic carbocycles. The first kappa shape index (κ1) is 14.1. The van der Waals surface area contributed by atoms with Crippen molar-refractivity contribution in [3.05, 3.63) is 34.4 Å². The summed E-state index contributed by atoms with van der Waals surface area (Å²) in [7, 11) is 0. The molecule has 0 radical (unpaired) electrons. The van der Waals surface area contributed by atoms with E-state index < -0.39 is 5.97 Å². The molecule has 0 amide bonds. The second-order valence-electron chi connectivity index (χ2n) is 6.19. The molecule has 0 saturated heterocycles. The van der Waals surface area contributed by atoms with Crippen LogP contribution in [0.15, 0.2) is 12.1 Å². The molecule has 0 spiro atoms. The van der Waals surface area contributed by atoms with Crippen molar-refractivity contribution in [1.29, 1.82) is 0 Å². The number of carboxylic acid groups (broad SMARTS) is 1. The fraction of sp³-hybridized carbons (Fsp3) is 0.588. The molecule has 0 atom stereocenters. The molecule has 0 bridgehead atoms. The Bertz CT molecular complexity index is 459. The van der Waals surface area contributed by atoms with Crippen molar-refractivity contribution in [1.82, 2.24) is 0 Å². The normalized spacial score (nSPS) is 18.3. The highest BCUT2D eigenvalue weighted by Crippen LogP contribution is 2.45. The molecule has 19 heavy (non-hydrogen) atoms. The van der Waals surface area contributed by atoms with E-state index in [-0.39, 0.29) is 11.8 Å². The molecule has 0 unspecified atom stereocenters. The second kappa shape index (κ2) is 5.36. The summed E-state index contributed by atoms with van der Waals surface area (Å²) in [6.07, 6.45) is 5.86. The van der Waals surface area contributed by atoms with Crippen LogP contribution in [0, 0.1) is 20.8 Å². The topological polar surface area (TPSA) is 37.3 Å². The van der Waals surface area contributed by atoms with Crippen molar-refractivity contribution in [2.45, 2.75) is 64.7 Å². The van der Waals surface area contributed by atoms with Crippen LogP contribution in [0.4, 0.5) is 0 Å². The Kier molecular flexibility index (Phi) is 3.98. The van der Waals surface area contributed by atoms with Gasteiger partial charge in [0, 0.05) is 5.41 Å². The standard InChI is InChI=1S/C17H24O2/c1-12-9-13(2)16(14(3)10-12)17(11-15(18)19)7-5-4-6-8-17/h9-10H,4-8,11H2,1-3H3,(H,18,19). The van der Waals surface area contributed by atoms with Gasteiger partial charge in [0.05, 0.1) is 6.42 Å². The molecule has 104 valence electrons. The van der Waals surface area contributed by atoms with Crippen molar-refractivity contribution in [3.8, 4) is 0 Å². The molecule has 1 aliphatic rings. The predicted molar refractivity (Wildman–Crippen MR) is 77.7 cm³/mol. The van der Waals surface area contributed by atoms with E-state index in [1.54, 1.807) is 0 Å². The van der Waals surface area contributed by atoms with E-state index in [9.17, 15) is 9.90 Å². The highest BCUT2D eigenvalue weighted by molar-refractivity contribution is 5.69. The van der Waals surface area contributed by atoms with Gasteiger partial charge in [-0.2, -0.15) is 0 Å². The van der Waals surface area contributed by atoms with E-state index in [4.69, 9.17) is 0 Å². The maximum Gasteiger partial charge on any atom is 0.304 e. The summed E-state index contributed by atoms with van der Waals surface area (Å²) in [5.41, 5.74) is 4.97. The Morgan fingerprint density at radius 1 is 1.11 bits per heavy atom. The predicted octanol–water partition coefficient (Wildman–Crippen LogP) is 4.29. The minimum Gasteiger partial charge on any atom is -0.481 e. The quantitative estimate of drug-likeness (QED) is 0.880. The van der Waals surface area contributed by atoms with Crippen LogP contribution in [0.3, 0.4) is 0 Å². The molecule has 2 nitrogen and oxygen atoms in total. The van der Waals surface area contributed by atoms with Crippen molar-refractivity contribution >= 4 is 5.97 Å². The van der Waals surface area contributed by atoms with E-state index in [1.807, 2.05) is 0 Å². The van der Waals surface area contributed by atoms with Crippen molar-refractivity contribution < 1.29 is 9.90 Å². The number of aryl methyl sites for hydroxylation is 3. The maximum absolute atomic E-state index is 11.3. The Hall–Kier alpha value is -1.31. The molecule has 1 aromatic rings. The Labute approximate surface area is 115 Å². The van der Waals surface area contributed by atoms with Crippen LogP contribution in [0.1, 0.15) is 60.8 Å². The average molecular weight is 260 g/mol. The summed E-state index contributed by atoms with van der Waals surface area (Å²) in [6, 6.07) is 4.39. The zero-order valence-electron chi connectivity index (χ0n) is 12.3. The summed E-state index contributed by atoms with van der Waals surface area (Å²) < 4.78 is 0. The third kappa shape index (κ3) is 2.83. The molecule has 2 heteroatoms. The molecule has 2 rings (SSSR count). The Morgan fingerprint density at radius 3 is 2.11 bits per heavy atom. The van der Waals surface area contributed by atoms with Gasteiger partial charge in [0.2, 0.25) is 0 Å². The molecule has 1 saturated carbocycles. The molecule has 1 fully saturated rings. The molecular weight excluding hydrogens is 236 g/mol. The number of carboxylic acids is 1. The van der Waals surface area contributed by atoms with Gasteiger partial charge < -0.3 is 5.11 Å². The van der Waals surface area contributed by atoms with Gasteiger partial charge in [-0.25, -0.2) is 0 Å². The Morgan fingerprint density at radius 2 is 1.63 bits per heavy atom. The number of carbonyl (C=O) groups is 1. The SMILES string of the molecule is Cc1cc(C)c(C2(CC(=O)O)CCCCC2)c(C)c1. The Balaban J connectivity index is 2.52. The number of hydrogen-bond acceptors (Lipinski definition) is 1. The summed E-state index contributed by atoms with van der Waals surface area (Å²) in [6.45, 7) is 6.37. The van der Waals surface area contributed by atoms with Crippen LogP contribution < -0.4 is 0 Å². The van der Waals surface area contributed by atoms with E-state index in [2.05, 4.69) is 32.9 Å². The van der Waals surface area contributed by atoms with Crippen LogP contribution in [0.25, 0.3) is 0 Å². The van der Waals surface area contributed by atoms with Gasteiger partial charge in [-0.15, -0.1) is 0 Å². The number of aliphatic carboxylic acids is 1. The van der Waals surface area contributed by atoms with Crippen molar-refractivity contribution in [2.24, 2.45) is 0 Å². The van der Waals surface area contributed by atoms with Crippen molar-refractivity contribution in [3.63, 3.8) is 0 Å². The third-order valence-corrected chi connectivity index (χ3v) is 4.51. The summed E-state index contributed by atoms with van der Waals surface area (Å²) >= 11 is 0. The van der Waals surface area contributed by atoms with Crippen LogP contribution in [-0.4, -0.2) is 11.1 Å². The van der Waals surface area contributed by atoms with Gasteiger partial charge in [-0.3, -0.25) is 4.79 Å². The van der Waals surface area contributed by atoms with Crippen LogP contribution >= 0.6 is 0 Å². The minimum absolute atomic E-state index is 0.133. The maximum atomic E-state index is 11.3. The van der Waals surface area contributed by atoms with Crippen LogP contribution in [0.2, 0.25) is 0 Å². The fourth-order valence-electron chi connectivity index (χ4n) is 4.05. The smallest absolute Gasteiger partial charge is 0.304 e. The molecule has 1 N–H and O–H groups in total. The van der Waals surface area contributed by atoms with Gasteiger partial charge in [0.25, 0.3) is 0 Å². The number of hydrogen-bond donors (Lipinski definition) is 1. The van der Waals surface area contributed by atoms with E-state index in [0.717, 1.165) is 25.7 Å². The fourth-order valence-corrected chi connectivity index (χ4v) is 4.05. The van der Waals surface area contributed by atoms with E-state index >= 15 is 0 Å². The average Bonchev–Trinajstić information content (AvgIpc) is 2.27. The lowest BCUT2D eigenvalue weighted by Crippen LogP contribution is -2.33. The molecule has 0 aromatic heterocycles. The lowest BCUT2D eigenvalue weighted by molar-refractivity contribution is -0.138. The first-order valence-corrected chi connectivity index (χ1v) is 7.25. The minimum atomic E-state index is -0.665. The summed E-state index contributed by atoms with van der Waals surface area (Å²) in [5.74, 6) is -0.665. The molecule has 0 heterocycles. The highest BCUT2D eigenvalue weighted by Gasteiger charge is 2.38. The van der Waals surface area contributed by atoms with Gasteiger partial charge in [-0.05, 0) is 50.3 Å². The molecular formula is C17H24O2. The number of benzene rings is 1. The molecule has 1 aliphatic carbocycles. The zero-order chi connectivity index (χ0) is 14.0. The lowest BCUT2D eigenvalue weighted by Gasteiger charge is -2.39. The van der Waals surface area contributed by atoms with Gasteiger partial charge in [0.1, 0.15) is 0 Å². The monoisotopic (exact) mass is 260 g/mol. The first-order valence-electron chi connectivity index (χ1n) is 7.25. The van der Waals surface area contributed by atoms with E-state index in [0.29, 0.717) is 0 Å². The van der Waals surface area contributed by atoms with Gasteiger partial charge in [-0.1, -0.05) is 37.0 Å². The molecule has 0 aliphatic heterocycles. The van der Waals surface area contributed by atoms with Crippen LogP contribution in [-0.2, 0) is 10.2 Å². The number of rotatable bonds is 3. The van der Waals surface area contributed by atoms with Gasteiger partial charge >= 0.3 is 5.97 Å². The van der Waals surface area contributed by atoms with E-state index in [1.165, 1.54) is 28.7 Å². The third-order valence-electron chi connectivity index (χ3n) is 4.51. The summed E-state index contributed by atoms with van der Waals surface area (Å²) in [5, 5.41) is 9.33. The summed E-state index contributed by atoms with van der Waals surface area (Å²) in [4.78, 5) is 11.3. The van der Waals surface area contributed by atoms with Crippen molar-refractivity contribution in [2.75, 3.05) is 0 Å². The first-order chi connectivity index (χ1) is 8.94.